The van der Waals surface area contributed by atoms with Gasteiger partial charge in [0, 0.05) is 37.3 Å². The first-order valence-corrected chi connectivity index (χ1v) is 9.10. The Kier molecular flexibility index (Phi) is 7.62. The number of anilines is 1. The number of nitro benzene ring substituents is 1. The summed E-state index contributed by atoms with van der Waals surface area (Å²) in [5.74, 6) is -0.104. The summed E-state index contributed by atoms with van der Waals surface area (Å²) in [7, 11) is 0. The van der Waals surface area contributed by atoms with Crippen LogP contribution in [0, 0.1) is 10.1 Å². The van der Waals surface area contributed by atoms with E-state index in [1.807, 2.05) is 17.0 Å². The summed E-state index contributed by atoms with van der Waals surface area (Å²) in [6.07, 6.45) is 0.445. The molecular formula is C19H22Cl2N4O3. The Morgan fingerprint density at radius 1 is 1.11 bits per heavy atom. The molecular weight excluding hydrogens is 403 g/mol. The molecule has 0 aliphatic carbocycles. The predicted molar refractivity (Wildman–Crippen MR) is 112 cm³/mol. The standard InChI is InChI=1S/C19H21ClN4O3.ClH/c20-15-7-5-14(6-8-15)13-16(21)19(25)23-11-9-22(10-12-23)17-3-1-2-4-18(17)24(26)27;/h1-8,16H,9-13,21H2;1H/t16-;/m1./s1. The van der Waals surface area contributed by atoms with Gasteiger partial charge >= 0.3 is 0 Å². The van der Waals surface area contributed by atoms with E-state index in [2.05, 4.69) is 0 Å². The number of nitrogens with zero attached hydrogens (tertiary/aromatic N) is 3. The van der Waals surface area contributed by atoms with Gasteiger partial charge in [0.05, 0.1) is 11.0 Å². The second kappa shape index (κ2) is 9.73. The van der Waals surface area contributed by atoms with Gasteiger partial charge in [-0.15, -0.1) is 12.4 Å². The monoisotopic (exact) mass is 424 g/mol. The number of nitrogens with two attached hydrogens (primary N) is 1. The van der Waals surface area contributed by atoms with E-state index in [0.29, 0.717) is 43.3 Å². The van der Waals surface area contributed by atoms with Gasteiger partial charge in [0.1, 0.15) is 5.69 Å². The van der Waals surface area contributed by atoms with E-state index in [4.69, 9.17) is 17.3 Å². The maximum Gasteiger partial charge on any atom is 0.292 e. The van der Waals surface area contributed by atoms with Gasteiger partial charge in [-0.3, -0.25) is 14.9 Å². The summed E-state index contributed by atoms with van der Waals surface area (Å²) in [6, 6.07) is 13.3. The molecule has 9 heteroatoms. The Bertz CT molecular complexity index is 824. The van der Waals surface area contributed by atoms with Crippen molar-refractivity contribution >= 4 is 41.3 Å². The zero-order valence-electron chi connectivity index (χ0n) is 15.2. The third-order valence-electron chi connectivity index (χ3n) is 4.70. The normalized spacial score (nSPS) is 14.9. The number of rotatable bonds is 5. The van der Waals surface area contributed by atoms with Crippen LogP contribution in [0.5, 0.6) is 0 Å². The van der Waals surface area contributed by atoms with Gasteiger partial charge in [-0.1, -0.05) is 35.9 Å². The molecule has 0 radical (unpaired) electrons. The highest BCUT2D eigenvalue weighted by atomic mass is 35.5. The van der Waals surface area contributed by atoms with Crippen molar-refractivity contribution < 1.29 is 9.72 Å². The number of benzene rings is 2. The van der Waals surface area contributed by atoms with Gasteiger partial charge in [-0.25, -0.2) is 0 Å². The van der Waals surface area contributed by atoms with Crippen LogP contribution in [0.2, 0.25) is 5.02 Å². The number of carbonyl (C=O) groups excluding carboxylic acids is 1. The first-order valence-electron chi connectivity index (χ1n) is 8.73. The Hall–Kier alpha value is -2.35. The summed E-state index contributed by atoms with van der Waals surface area (Å²) in [5, 5.41) is 11.9. The van der Waals surface area contributed by atoms with Crippen LogP contribution in [0.25, 0.3) is 0 Å². The molecule has 1 heterocycles. The molecule has 0 bridgehead atoms. The van der Waals surface area contributed by atoms with Crippen LogP contribution in [0.1, 0.15) is 5.56 Å². The minimum absolute atomic E-state index is 0. The lowest BCUT2D eigenvalue weighted by atomic mass is 10.1. The molecule has 1 aliphatic heterocycles. The summed E-state index contributed by atoms with van der Waals surface area (Å²) >= 11 is 5.87. The summed E-state index contributed by atoms with van der Waals surface area (Å²) in [6.45, 7) is 2.03. The van der Waals surface area contributed by atoms with E-state index >= 15 is 0 Å². The highest BCUT2D eigenvalue weighted by molar-refractivity contribution is 6.30. The molecule has 0 aromatic heterocycles. The van der Waals surface area contributed by atoms with E-state index < -0.39 is 6.04 Å². The number of amides is 1. The van der Waals surface area contributed by atoms with Crippen LogP contribution in [0.15, 0.2) is 48.5 Å². The molecule has 1 aliphatic rings. The van der Waals surface area contributed by atoms with Crippen LogP contribution in [0.3, 0.4) is 0 Å². The Labute approximate surface area is 174 Å². The molecule has 28 heavy (non-hydrogen) atoms. The zero-order valence-corrected chi connectivity index (χ0v) is 16.7. The predicted octanol–water partition coefficient (Wildman–Crippen LogP) is 2.89. The third kappa shape index (κ3) is 5.13. The SMILES string of the molecule is Cl.N[C@H](Cc1ccc(Cl)cc1)C(=O)N1CCN(c2ccccc2[N+](=O)[O-])CC1. The fourth-order valence-corrected chi connectivity index (χ4v) is 3.38. The van der Waals surface area contributed by atoms with Crippen LogP contribution in [-0.2, 0) is 11.2 Å². The quantitative estimate of drug-likeness (QED) is 0.588. The molecule has 2 aromatic carbocycles. The summed E-state index contributed by atoms with van der Waals surface area (Å²) < 4.78 is 0. The largest absolute Gasteiger partial charge is 0.362 e. The van der Waals surface area contributed by atoms with Gasteiger partial charge in [-0.2, -0.15) is 0 Å². The smallest absolute Gasteiger partial charge is 0.292 e. The minimum atomic E-state index is -0.621. The van der Waals surface area contributed by atoms with E-state index in [0.717, 1.165) is 5.56 Å². The van der Waals surface area contributed by atoms with Crippen LogP contribution < -0.4 is 10.6 Å². The van der Waals surface area contributed by atoms with Gasteiger partial charge in [0.25, 0.3) is 5.69 Å². The van der Waals surface area contributed by atoms with E-state index in [1.165, 1.54) is 6.07 Å². The molecule has 7 nitrogen and oxygen atoms in total. The van der Waals surface area contributed by atoms with Gasteiger partial charge in [0.2, 0.25) is 5.91 Å². The Balaban J connectivity index is 0.00000280. The summed E-state index contributed by atoms with van der Waals surface area (Å²) in [4.78, 5) is 27.1. The summed E-state index contributed by atoms with van der Waals surface area (Å²) in [5.41, 5.74) is 7.72. The maximum atomic E-state index is 12.6. The van der Waals surface area contributed by atoms with E-state index in [1.54, 1.807) is 35.2 Å². The third-order valence-corrected chi connectivity index (χ3v) is 4.95. The molecule has 0 spiro atoms. The zero-order chi connectivity index (χ0) is 19.4. The first kappa shape index (κ1) is 21.9. The highest BCUT2D eigenvalue weighted by Crippen LogP contribution is 2.28. The molecule has 0 saturated carbocycles. The number of carbonyl (C=O) groups is 1. The van der Waals surface area contributed by atoms with Crippen molar-refractivity contribution in [2.75, 3.05) is 31.1 Å². The average molecular weight is 425 g/mol. The second-order valence-electron chi connectivity index (χ2n) is 6.50. The number of hydrogen-bond donors (Lipinski definition) is 1. The molecule has 1 amide bonds. The molecule has 150 valence electrons. The highest BCUT2D eigenvalue weighted by Gasteiger charge is 2.27. The van der Waals surface area contributed by atoms with Gasteiger partial charge < -0.3 is 15.5 Å². The maximum absolute atomic E-state index is 12.6. The van der Waals surface area contributed by atoms with E-state index in [-0.39, 0.29) is 28.9 Å². The van der Waals surface area contributed by atoms with Gasteiger partial charge in [0.15, 0.2) is 0 Å². The lowest BCUT2D eigenvalue weighted by Crippen LogP contribution is -2.53. The van der Waals surface area contributed by atoms with Crippen molar-refractivity contribution in [3.05, 3.63) is 69.2 Å². The number of para-hydroxylation sites is 2. The lowest BCUT2D eigenvalue weighted by molar-refractivity contribution is -0.384. The molecule has 0 unspecified atom stereocenters. The second-order valence-corrected chi connectivity index (χ2v) is 6.93. The lowest BCUT2D eigenvalue weighted by Gasteiger charge is -2.36. The van der Waals surface area contributed by atoms with Crippen molar-refractivity contribution in [3.63, 3.8) is 0 Å². The molecule has 2 N–H and O–H groups in total. The van der Waals surface area contributed by atoms with Crippen LogP contribution in [0.4, 0.5) is 11.4 Å². The average Bonchev–Trinajstić information content (AvgIpc) is 2.69. The number of nitro groups is 1. The van der Waals surface area contributed by atoms with Crippen molar-refractivity contribution in [1.29, 1.82) is 0 Å². The van der Waals surface area contributed by atoms with Crippen LogP contribution in [-0.4, -0.2) is 48.0 Å². The van der Waals surface area contributed by atoms with Crippen molar-refractivity contribution in [2.45, 2.75) is 12.5 Å². The minimum Gasteiger partial charge on any atom is -0.362 e. The molecule has 3 rings (SSSR count). The van der Waals surface area contributed by atoms with Gasteiger partial charge in [-0.05, 0) is 30.2 Å². The number of hydrogen-bond acceptors (Lipinski definition) is 5. The van der Waals surface area contributed by atoms with Crippen molar-refractivity contribution in [3.8, 4) is 0 Å². The van der Waals surface area contributed by atoms with E-state index in [9.17, 15) is 14.9 Å². The Morgan fingerprint density at radius 3 is 2.32 bits per heavy atom. The fourth-order valence-electron chi connectivity index (χ4n) is 3.25. The van der Waals surface area contributed by atoms with Crippen molar-refractivity contribution in [2.24, 2.45) is 5.73 Å². The first-order chi connectivity index (χ1) is 13.0. The molecule has 1 saturated heterocycles. The topological polar surface area (TPSA) is 92.7 Å². The number of halogens is 2. The Morgan fingerprint density at radius 2 is 1.71 bits per heavy atom. The molecule has 1 fully saturated rings. The fraction of sp³-hybridized carbons (Fsp3) is 0.316. The number of piperazine rings is 1. The van der Waals surface area contributed by atoms with Crippen LogP contribution >= 0.6 is 24.0 Å². The molecule has 2 aromatic rings. The van der Waals surface area contributed by atoms with Crippen molar-refractivity contribution in [1.82, 2.24) is 4.90 Å². The molecule has 1 atom stereocenters.